The van der Waals surface area contributed by atoms with Crippen LogP contribution in [0.2, 0.25) is 5.02 Å². The molecule has 1 atom stereocenters. The minimum atomic E-state index is -0.403. The van der Waals surface area contributed by atoms with E-state index in [4.69, 9.17) is 16.3 Å². The molecule has 2 aromatic rings. The van der Waals surface area contributed by atoms with Crippen LogP contribution in [0.1, 0.15) is 6.92 Å². The number of ether oxygens (including phenoxy) is 1. The molecule has 2 aromatic carbocycles. The predicted octanol–water partition coefficient (Wildman–Crippen LogP) is 4.05. The molecule has 0 heterocycles. The molecule has 5 nitrogen and oxygen atoms in total. The summed E-state index contributed by atoms with van der Waals surface area (Å²) in [6, 6.07) is 14.2. The van der Waals surface area contributed by atoms with Gasteiger partial charge in [-0.3, -0.25) is 9.59 Å². The van der Waals surface area contributed by atoms with Gasteiger partial charge in [-0.15, -0.1) is 11.8 Å². The van der Waals surface area contributed by atoms with Gasteiger partial charge in [-0.05, 0) is 31.2 Å². The van der Waals surface area contributed by atoms with Crippen molar-refractivity contribution in [3.63, 3.8) is 0 Å². The van der Waals surface area contributed by atoms with E-state index in [0.29, 0.717) is 22.1 Å². The molecule has 0 unspecified atom stereocenters. The molecule has 2 rings (SSSR count). The Balaban J connectivity index is 1.84. The zero-order valence-electron chi connectivity index (χ0n) is 13.9. The molecular formula is C18H19ClN2O3S. The van der Waals surface area contributed by atoms with Gasteiger partial charge >= 0.3 is 0 Å². The number of benzene rings is 2. The fourth-order valence-electron chi connectivity index (χ4n) is 2.01. The molecule has 0 bridgehead atoms. The maximum atomic E-state index is 12.2. The molecule has 0 saturated carbocycles. The Morgan fingerprint density at radius 1 is 1.08 bits per heavy atom. The summed E-state index contributed by atoms with van der Waals surface area (Å²) in [7, 11) is 1.54. The summed E-state index contributed by atoms with van der Waals surface area (Å²) in [4.78, 5) is 24.3. The summed E-state index contributed by atoms with van der Waals surface area (Å²) in [6.45, 7) is 1.74. The minimum absolute atomic E-state index is 0.148. The van der Waals surface area contributed by atoms with Crippen LogP contribution in [0, 0.1) is 0 Å². The number of nitrogens with one attached hydrogen (secondary N) is 2. The fourth-order valence-corrected chi connectivity index (χ4v) is 2.87. The van der Waals surface area contributed by atoms with E-state index in [-0.39, 0.29) is 17.6 Å². The largest absolute Gasteiger partial charge is 0.495 e. The number of hydrogen-bond donors (Lipinski definition) is 2. The molecule has 2 amide bonds. The van der Waals surface area contributed by atoms with Gasteiger partial charge in [-0.1, -0.05) is 35.9 Å². The highest BCUT2D eigenvalue weighted by atomic mass is 35.5. The summed E-state index contributed by atoms with van der Waals surface area (Å²) >= 11 is 7.26. The molecular weight excluding hydrogens is 360 g/mol. The smallest absolute Gasteiger partial charge is 0.237 e. The standard InChI is InChI=1S/C18H19ClN2O3S/c1-12(18(23)21-14-8-4-3-7-13(14)19)25-11-17(22)20-15-9-5-6-10-16(15)24-2/h3-10,12H,11H2,1-2H3,(H,20,22)(H,21,23)/t12-/m1/s1. The molecule has 0 radical (unpaired) electrons. The van der Waals surface area contributed by atoms with Crippen molar-refractivity contribution in [2.45, 2.75) is 12.2 Å². The van der Waals surface area contributed by atoms with Gasteiger partial charge in [0.25, 0.3) is 0 Å². The van der Waals surface area contributed by atoms with Crippen molar-refractivity contribution in [1.82, 2.24) is 0 Å². The fraction of sp³-hybridized carbons (Fsp3) is 0.222. The lowest BCUT2D eigenvalue weighted by Crippen LogP contribution is -2.25. The Morgan fingerprint density at radius 2 is 1.72 bits per heavy atom. The zero-order chi connectivity index (χ0) is 18.2. The number of para-hydroxylation sites is 3. The number of carbonyl (C=O) groups is 2. The van der Waals surface area contributed by atoms with E-state index in [2.05, 4.69) is 10.6 Å². The summed E-state index contributed by atoms with van der Waals surface area (Å²) in [5, 5.41) is 5.61. The molecule has 0 saturated heterocycles. The number of hydrogen-bond acceptors (Lipinski definition) is 4. The molecule has 0 spiro atoms. The van der Waals surface area contributed by atoms with Gasteiger partial charge in [0, 0.05) is 0 Å². The third-order valence-electron chi connectivity index (χ3n) is 3.35. The van der Waals surface area contributed by atoms with E-state index in [1.165, 1.54) is 11.8 Å². The van der Waals surface area contributed by atoms with Crippen molar-refractivity contribution in [3.05, 3.63) is 53.6 Å². The van der Waals surface area contributed by atoms with Crippen molar-refractivity contribution in [2.75, 3.05) is 23.5 Å². The number of rotatable bonds is 7. The lowest BCUT2D eigenvalue weighted by atomic mass is 10.3. The first kappa shape index (κ1) is 19.1. The topological polar surface area (TPSA) is 67.4 Å². The normalized spacial score (nSPS) is 11.5. The minimum Gasteiger partial charge on any atom is -0.495 e. The van der Waals surface area contributed by atoms with Crippen LogP contribution in [-0.2, 0) is 9.59 Å². The number of amides is 2. The summed E-state index contributed by atoms with van der Waals surface area (Å²) in [6.07, 6.45) is 0. The van der Waals surface area contributed by atoms with Crippen LogP contribution in [0.5, 0.6) is 5.75 Å². The molecule has 25 heavy (non-hydrogen) atoms. The van der Waals surface area contributed by atoms with Crippen LogP contribution < -0.4 is 15.4 Å². The highest BCUT2D eigenvalue weighted by molar-refractivity contribution is 8.01. The molecule has 0 aliphatic heterocycles. The van der Waals surface area contributed by atoms with Gasteiger partial charge in [-0.2, -0.15) is 0 Å². The Bertz CT molecular complexity index is 755. The third-order valence-corrected chi connectivity index (χ3v) is 4.82. The molecule has 0 aromatic heterocycles. The van der Waals surface area contributed by atoms with E-state index in [1.807, 2.05) is 12.1 Å². The van der Waals surface area contributed by atoms with E-state index in [0.717, 1.165) is 0 Å². The van der Waals surface area contributed by atoms with Crippen molar-refractivity contribution in [2.24, 2.45) is 0 Å². The highest BCUT2D eigenvalue weighted by Gasteiger charge is 2.17. The number of halogens is 1. The molecule has 2 N–H and O–H groups in total. The van der Waals surface area contributed by atoms with Gasteiger partial charge in [0.2, 0.25) is 11.8 Å². The molecule has 132 valence electrons. The monoisotopic (exact) mass is 378 g/mol. The first-order chi connectivity index (χ1) is 12.0. The molecule has 7 heteroatoms. The van der Waals surface area contributed by atoms with Gasteiger partial charge in [-0.25, -0.2) is 0 Å². The highest BCUT2D eigenvalue weighted by Crippen LogP contribution is 2.24. The Morgan fingerprint density at radius 3 is 2.40 bits per heavy atom. The van der Waals surface area contributed by atoms with Crippen molar-refractivity contribution >= 4 is 46.6 Å². The summed E-state index contributed by atoms with van der Waals surface area (Å²) in [5.41, 5.74) is 1.16. The van der Waals surface area contributed by atoms with Crippen LogP contribution in [0.25, 0.3) is 0 Å². The second-order valence-corrected chi connectivity index (χ2v) is 6.91. The van der Waals surface area contributed by atoms with E-state index in [9.17, 15) is 9.59 Å². The average molecular weight is 379 g/mol. The van der Waals surface area contributed by atoms with Gasteiger partial charge in [0.15, 0.2) is 0 Å². The quantitative estimate of drug-likeness (QED) is 0.762. The first-order valence-corrected chi connectivity index (χ1v) is 9.03. The van der Waals surface area contributed by atoms with Crippen LogP contribution in [0.15, 0.2) is 48.5 Å². The maximum Gasteiger partial charge on any atom is 0.237 e. The van der Waals surface area contributed by atoms with E-state index < -0.39 is 5.25 Å². The summed E-state index contributed by atoms with van der Waals surface area (Å²) in [5.74, 6) is 0.329. The van der Waals surface area contributed by atoms with Crippen LogP contribution in [-0.4, -0.2) is 29.9 Å². The Labute approximate surface area is 156 Å². The van der Waals surface area contributed by atoms with E-state index >= 15 is 0 Å². The Hall–Kier alpha value is -2.18. The third kappa shape index (κ3) is 5.69. The SMILES string of the molecule is COc1ccccc1NC(=O)CS[C@H](C)C(=O)Nc1ccccc1Cl. The van der Waals surface area contributed by atoms with Crippen molar-refractivity contribution < 1.29 is 14.3 Å². The van der Waals surface area contributed by atoms with Crippen molar-refractivity contribution in [1.29, 1.82) is 0 Å². The van der Waals surface area contributed by atoms with Crippen LogP contribution >= 0.6 is 23.4 Å². The van der Waals surface area contributed by atoms with Crippen LogP contribution in [0.3, 0.4) is 0 Å². The number of anilines is 2. The van der Waals surface area contributed by atoms with E-state index in [1.54, 1.807) is 50.4 Å². The number of methoxy groups -OCH3 is 1. The Kier molecular flexibility index (Phi) is 7.16. The molecule has 0 fully saturated rings. The first-order valence-electron chi connectivity index (χ1n) is 7.61. The molecule has 0 aliphatic rings. The lowest BCUT2D eigenvalue weighted by molar-refractivity contribution is -0.115. The van der Waals surface area contributed by atoms with Crippen molar-refractivity contribution in [3.8, 4) is 5.75 Å². The average Bonchev–Trinajstić information content (AvgIpc) is 2.62. The zero-order valence-corrected chi connectivity index (χ0v) is 15.5. The van der Waals surface area contributed by atoms with Gasteiger partial charge < -0.3 is 15.4 Å². The number of carbonyl (C=O) groups excluding carboxylic acids is 2. The lowest BCUT2D eigenvalue weighted by Gasteiger charge is -2.13. The molecule has 0 aliphatic carbocycles. The van der Waals surface area contributed by atoms with Gasteiger partial charge in [0.1, 0.15) is 5.75 Å². The maximum absolute atomic E-state index is 12.2. The second kappa shape index (κ2) is 9.34. The predicted molar refractivity (Wildman–Crippen MR) is 104 cm³/mol. The van der Waals surface area contributed by atoms with Crippen LogP contribution in [0.4, 0.5) is 11.4 Å². The number of thioether (sulfide) groups is 1. The second-order valence-electron chi connectivity index (χ2n) is 5.17. The van der Waals surface area contributed by atoms with Gasteiger partial charge in [0.05, 0.1) is 34.5 Å². The summed E-state index contributed by atoms with van der Waals surface area (Å²) < 4.78 is 5.19.